The Balaban J connectivity index is 1.93. The Kier molecular flexibility index (Phi) is 7.43. The lowest BCUT2D eigenvalue weighted by Crippen LogP contribution is -2.36. The number of nitrogens with zero attached hydrogens (tertiary/aromatic N) is 1. The number of likely N-dealkylation sites (N-methyl/N-ethyl adjacent to an activating group) is 1. The molecule has 6 nitrogen and oxygen atoms in total. The van der Waals surface area contributed by atoms with Crippen molar-refractivity contribution in [1.82, 2.24) is 4.90 Å². The lowest BCUT2D eigenvalue weighted by atomic mass is 10.1. The summed E-state index contributed by atoms with van der Waals surface area (Å²) in [4.78, 5) is 26.3. The monoisotopic (exact) mass is 403 g/mol. The summed E-state index contributed by atoms with van der Waals surface area (Å²) in [5.41, 5.74) is 4.30. The molecule has 0 saturated heterocycles. The minimum atomic E-state index is -0.248. The fraction of sp³-hybridized carbons (Fsp3) is 0.333. The number of hydrogen-bond acceptors (Lipinski definition) is 4. The van der Waals surface area contributed by atoms with Gasteiger partial charge in [0.1, 0.15) is 5.75 Å². The first-order valence-electron chi connectivity index (χ1n) is 8.90. The zero-order valence-corrected chi connectivity index (χ0v) is 17.6. The molecule has 0 fully saturated rings. The molecule has 2 rings (SSSR count). The average Bonchev–Trinajstić information content (AvgIpc) is 2.61. The molecule has 0 aromatic heterocycles. The van der Waals surface area contributed by atoms with Crippen molar-refractivity contribution in [2.24, 2.45) is 0 Å². The quantitative estimate of drug-likeness (QED) is 0.738. The number of amides is 2. The lowest BCUT2D eigenvalue weighted by molar-refractivity contribution is -0.119. The molecule has 0 spiro atoms. The van der Waals surface area contributed by atoms with Crippen LogP contribution in [0.5, 0.6) is 5.75 Å². The molecule has 28 heavy (non-hydrogen) atoms. The van der Waals surface area contributed by atoms with Gasteiger partial charge in [0, 0.05) is 16.8 Å². The van der Waals surface area contributed by atoms with Gasteiger partial charge in [-0.1, -0.05) is 23.7 Å². The highest BCUT2D eigenvalue weighted by molar-refractivity contribution is 6.31. The van der Waals surface area contributed by atoms with Gasteiger partial charge >= 0.3 is 0 Å². The van der Waals surface area contributed by atoms with Gasteiger partial charge in [-0.15, -0.1) is 0 Å². The predicted octanol–water partition coefficient (Wildman–Crippen LogP) is 3.78. The maximum Gasteiger partial charge on any atom is 0.238 e. The first-order chi connectivity index (χ1) is 13.2. The van der Waals surface area contributed by atoms with Crippen molar-refractivity contribution in [3.63, 3.8) is 0 Å². The smallest absolute Gasteiger partial charge is 0.238 e. The average molecular weight is 404 g/mol. The molecule has 0 aliphatic carbocycles. The van der Waals surface area contributed by atoms with Crippen LogP contribution < -0.4 is 15.4 Å². The molecule has 0 radical (unpaired) electrons. The molecular weight excluding hydrogens is 378 g/mol. The number of aryl methyl sites for hydroxylation is 2. The minimum absolute atomic E-state index is 0.0606. The molecule has 2 aromatic carbocycles. The highest BCUT2D eigenvalue weighted by Gasteiger charge is 2.14. The van der Waals surface area contributed by atoms with E-state index in [1.54, 1.807) is 24.1 Å². The van der Waals surface area contributed by atoms with Gasteiger partial charge in [0.05, 0.1) is 25.9 Å². The molecule has 2 N–H and O–H groups in total. The normalized spacial score (nSPS) is 10.7. The van der Waals surface area contributed by atoms with Gasteiger partial charge in [0.15, 0.2) is 0 Å². The Morgan fingerprint density at radius 2 is 1.61 bits per heavy atom. The topological polar surface area (TPSA) is 70.7 Å². The SMILES string of the molecule is COc1cc(Cl)c(C)cc1NC(=O)CN(C)CC(=O)Nc1cccc(C)c1C. The summed E-state index contributed by atoms with van der Waals surface area (Å²) in [5, 5.41) is 6.26. The van der Waals surface area contributed by atoms with Gasteiger partial charge in [-0.05, 0) is 56.6 Å². The second-order valence-electron chi connectivity index (χ2n) is 6.82. The third kappa shape index (κ3) is 5.71. The van der Waals surface area contributed by atoms with Crippen LogP contribution in [0.2, 0.25) is 5.02 Å². The molecular formula is C21H26ClN3O3. The van der Waals surface area contributed by atoms with E-state index in [1.807, 2.05) is 39.0 Å². The summed E-state index contributed by atoms with van der Waals surface area (Å²) >= 11 is 6.08. The largest absolute Gasteiger partial charge is 0.495 e. The molecule has 150 valence electrons. The summed E-state index contributed by atoms with van der Waals surface area (Å²) in [7, 11) is 3.23. The zero-order valence-electron chi connectivity index (χ0n) is 16.9. The van der Waals surface area contributed by atoms with E-state index in [-0.39, 0.29) is 24.9 Å². The number of carbonyl (C=O) groups excluding carboxylic acids is 2. The summed E-state index contributed by atoms with van der Waals surface area (Å²) < 4.78 is 5.26. The van der Waals surface area contributed by atoms with E-state index >= 15 is 0 Å². The van der Waals surface area contributed by atoms with Crippen molar-refractivity contribution in [2.45, 2.75) is 20.8 Å². The van der Waals surface area contributed by atoms with Gasteiger partial charge in [-0.3, -0.25) is 14.5 Å². The fourth-order valence-corrected chi connectivity index (χ4v) is 2.90. The lowest BCUT2D eigenvalue weighted by Gasteiger charge is -2.18. The second-order valence-corrected chi connectivity index (χ2v) is 7.22. The number of anilines is 2. The standard InChI is InChI=1S/C21H26ClN3O3/c1-13-7-6-8-17(15(13)3)23-20(26)11-25(4)12-21(27)24-18-9-14(2)16(22)10-19(18)28-5/h6-10H,11-12H2,1-5H3,(H,23,26)(H,24,27). The Morgan fingerprint density at radius 1 is 1.00 bits per heavy atom. The number of methoxy groups -OCH3 is 1. The molecule has 0 unspecified atom stereocenters. The van der Waals surface area contributed by atoms with E-state index in [1.165, 1.54) is 7.11 Å². The van der Waals surface area contributed by atoms with E-state index in [0.717, 1.165) is 22.4 Å². The number of benzene rings is 2. The molecule has 0 aliphatic rings. The Hall–Kier alpha value is -2.57. The highest BCUT2D eigenvalue weighted by atomic mass is 35.5. The second kappa shape index (κ2) is 9.57. The van der Waals surface area contributed by atoms with Crippen LogP contribution in [-0.2, 0) is 9.59 Å². The minimum Gasteiger partial charge on any atom is -0.495 e. The molecule has 0 aliphatic heterocycles. The summed E-state index contributed by atoms with van der Waals surface area (Å²) in [6, 6.07) is 9.17. The van der Waals surface area contributed by atoms with Crippen molar-refractivity contribution in [1.29, 1.82) is 0 Å². The summed E-state index contributed by atoms with van der Waals surface area (Å²) in [5.74, 6) is 0.0604. The third-order valence-corrected chi connectivity index (χ3v) is 4.87. The van der Waals surface area contributed by atoms with Crippen molar-refractivity contribution >= 4 is 34.8 Å². The predicted molar refractivity (Wildman–Crippen MR) is 113 cm³/mol. The number of ether oxygens (including phenoxy) is 1. The Bertz CT molecular complexity index is 883. The first-order valence-corrected chi connectivity index (χ1v) is 9.27. The van der Waals surface area contributed by atoms with Crippen LogP contribution >= 0.6 is 11.6 Å². The van der Waals surface area contributed by atoms with Crippen molar-refractivity contribution in [3.05, 3.63) is 52.0 Å². The molecule has 0 saturated carbocycles. The van der Waals surface area contributed by atoms with E-state index in [4.69, 9.17) is 16.3 Å². The number of halogens is 1. The van der Waals surface area contributed by atoms with E-state index in [2.05, 4.69) is 10.6 Å². The number of nitrogens with one attached hydrogen (secondary N) is 2. The molecule has 7 heteroatoms. The fourth-order valence-electron chi connectivity index (χ4n) is 2.74. The number of hydrogen-bond donors (Lipinski definition) is 2. The van der Waals surface area contributed by atoms with Crippen LogP contribution in [0.1, 0.15) is 16.7 Å². The van der Waals surface area contributed by atoms with Crippen molar-refractivity contribution in [2.75, 3.05) is 37.9 Å². The maximum atomic E-state index is 12.4. The maximum absolute atomic E-state index is 12.4. The molecule has 2 aromatic rings. The van der Waals surface area contributed by atoms with Crippen LogP contribution in [0.25, 0.3) is 0 Å². The number of carbonyl (C=O) groups is 2. The van der Waals surface area contributed by atoms with Gasteiger partial charge in [-0.25, -0.2) is 0 Å². The van der Waals surface area contributed by atoms with E-state index in [9.17, 15) is 9.59 Å². The molecule has 0 atom stereocenters. The molecule has 0 bridgehead atoms. The number of rotatable bonds is 7. The Labute approximate surface area is 170 Å². The van der Waals surface area contributed by atoms with Crippen LogP contribution in [0.15, 0.2) is 30.3 Å². The molecule has 0 heterocycles. The van der Waals surface area contributed by atoms with Crippen LogP contribution in [0.4, 0.5) is 11.4 Å². The van der Waals surface area contributed by atoms with Gasteiger partial charge in [0.25, 0.3) is 0 Å². The van der Waals surface area contributed by atoms with Gasteiger partial charge in [-0.2, -0.15) is 0 Å². The van der Waals surface area contributed by atoms with E-state index in [0.29, 0.717) is 16.5 Å². The van der Waals surface area contributed by atoms with E-state index < -0.39 is 0 Å². The van der Waals surface area contributed by atoms with Crippen LogP contribution in [-0.4, -0.2) is 44.0 Å². The first kappa shape index (κ1) is 21.7. The van der Waals surface area contributed by atoms with Crippen LogP contribution in [0.3, 0.4) is 0 Å². The van der Waals surface area contributed by atoms with Gasteiger partial charge < -0.3 is 15.4 Å². The summed E-state index contributed by atoms with van der Waals surface area (Å²) in [6.07, 6.45) is 0. The summed E-state index contributed by atoms with van der Waals surface area (Å²) in [6.45, 7) is 5.96. The van der Waals surface area contributed by atoms with Gasteiger partial charge in [0.2, 0.25) is 11.8 Å². The Morgan fingerprint density at radius 3 is 2.21 bits per heavy atom. The zero-order chi connectivity index (χ0) is 20.8. The van der Waals surface area contributed by atoms with Crippen LogP contribution in [0, 0.1) is 20.8 Å². The van der Waals surface area contributed by atoms with Crippen molar-refractivity contribution in [3.8, 4) is 5.75 Å². The third-order valence-electron chi connectivity index (χ3n) is 4.46. The molecule has 2 amide bonds. The van der Waals surface area contributed by atoms with Crippen molar-refractivity contribution < 1.29 is 14.3 Å². The highest BCUT2D eigenvalue weighted by Crippen LogP contribution is 2.30.